The minimum Gasteiger partial charge on any atom is -0.497 e. The lowest BCUT2D eigenvalue weighted by Gasteiger charge is -2.16. The monoisotopic (exact) mass is 306 g/mol. The van der Waals surface area contributed by atoms with E-state index < -0.39 is 5.97 Å². The van der Waals surface area contributed by atoms with Crippen molar-refractivity contribution in [1.82, 2.24) is 4.98 Å². The number of benzene rings is 1. The highest BCUT2D eigenvalue weighted by Crippen LogP contribution is 2.27. The van der Waals surface area contributed by atoms with Crippen LogP contribution in [0.1, 0.15) is 27.9 Å². The molecule has 2 aromatic rings. The third-order valence-corrected chi connectivity index (χ3v) is 4.30. The summed E-state index contributed by atoms with van der Waals surface area (Å²) in [6, 6.07) is 7.79. The van der Waals surface area contributed by atoms with Crippen LogP contribution in [0.3, 0.4) is 0 Å². The Kier molecular flexibility index (Phi) is 4.80. The average molecular weight is 306 g/mol. The lowest BCUT2D eigenvalue weighted by atomic mass is 10.2. The van der Waals surface area contributed by atoms with Gasteiger partial charge in [0.2, 0.25) is 0 Å². The van der Waals surface area contributed by atoms with Crippen LogP contribution in [0.25, 0.3) is 0 Å². The number of hydrogen-bond donors (Lipinski definition) is 1. The minimum atomic E-state index is -0.912. The van der Waals surface area contributed by atoms with Gasteiger partial charge < -0.3 is 14.7 Å². The predicted molar refractivity (Wildman–Crippen MR) is 83.6 cm³/mol. The number of nitrogens with zero attached hydrogens (tertiary/aromatic N) is 2. The number of aryl methyl sites for hydroxylation is 1. The van der Waals surface area contributed by atoms with Gasteiger partial charge in [-0.05, 0) is 24.1 Å². The van der Waals surface area contributed by atoms with Gasteiger partial charge in [0.1, 0.15) is 10.6 Å². The molecule has 1 N–H and O–H groups in total. The van der Waals surface area contributed by atoms with E-state index in [1.54, 1.807) is 7.11 Å². The fourth-order valence-electron chi connectivity index (χ4n) is 2.02. The smallest absolute Gasteiger partial charge is 0.347 e. The molecule has 0 bridgehead atoms. The summed E-state index contributed by atoms with van der Waals surface area (Å²) in [7, 11) is 3.54. The molecule has 0 unspecified atom stereocenters. The molecule has 1 aromatic heterocycles. The molecule has 0 fully saturated rings. The Bertz CT molecular complexity index is 640. The first-order valence-corrected chi connectivity index (χ1v) is 7.43. The van der Waals surface area contributed by atoms with Crippen LogP contribution >= 0.6 is 11.3 Å². The molecule has 112 valence electrons. The van der Waals surface area contributed by atoms with Crippen molar-refractivity contribution < 1.29 is 14.6 Å². The number of hydrogen-bond acceptors (Lipinski definition) is 5. The molecule has 6 heteroatoms. The summed E-state index contributed by atoms with van der Waals surface area (Å²) < 4.78 is 5.20. The van der Waals surface area contributed by atoms with E-state index in [4.69, 9.17) is 4.74 Å². The van der Waals surface area contributed by atoms with Gasteiger partial charge in [-0.1, -0.05) is 30.4 Å². The number of anilines is 1. The van der Waals surface area contributed by atoms with E-state index in [9.17, 15) is 9.90 Å². The molecule has 0 saturated carbocycles. The highest BCUT2D eigenvalue weighted by Gasteiger charge is 2.18. The number of carbonyl (C=O) groups is 1. The molecular formula is C15H18N2O3S. The maximum Gasteiger partial charge on any atom is 0.347 e. The third kappa shape index (κ3) is 3.52. The Hall–Kier alpha value is -2.08. The Morgan fingerprint density at radius 3 is 2.81 bits per heavy atom. The summed E-state index contributed by atoms with van der Waals surface area (Å²) in [4.78, 5) is 17.9. The first-order valence-electron chi connectivity index (χ1n) is 6.62. The van der Waals surface area contributed by atoms with Crippen LogP contribution in [0, 0.1) is 0 Å². The zero-order valence-corrected chi connectivity index (χ0v) is 13.1. The molecule has 0 aliphatic heterocycles. The van der Waals surface area contributed by atoms with Gasteiger partial charge in [-0.3, -0.25) is 0 Å². The second-order valence-corrected chi connectivity index (χ2v) is 5.62. The van der Waals surface area contributed by atoms with E-state index in [0.29, 0.717) is 28.7 Å². The number of rotatable bonds is 6. The number of carboxylic acid groups (broad SMARTS) is 1. The number of carboxylic acids is 1. The average Bonchev–Trinajstić information content (AvgIpc) is 2.92. The highest BCUT2D eigenvalue weighted by atomic mass is 32.1. The topological polar surface area (TPSA) is 62.7 Å². The van der Waals surface area contributed by atoms with Crippen molar-refractivity contribution in [3.05, 3.63) is 40.4 Å². The standard InChI is InChI=1S/C15H18N2O3S/c1-4-12-13(14(18)19)21-15(16-12)17(2)9-10-6-5-7-11(8-10)20-3/h5-8H,4,9H2,1-3H3,(H,18,19). The number of methoxy groups -OCH3 is 1. The molecule has 1 aromatic carbocycles. The van der Waals surface area contributed by atoms with Crippen molar-refractivity contribution in [2.24, 2.45) is 0 Å². The van der Waals surface area contributed by atoms with E-state index in [1.807, 2.05) is 43.1 Å². The third-order valence-electron chi connectivity index (χ3n) is 3.10. The lowest BCUT2D eigenvalue weighted by molar-refractivity contribution is 0.0701. The molecular weight excluding hydrogens is 288 g/mol. The Morgan fingerprint density at radius 1 is 1.48 bits per heavy atom. The van der Waals surface area contributed by atoms with Gasteiger partial charge >= 0.3 is 5.97 Å². The van der Waals surface area contributed by atoms with E-state index >= 15 is 0 Å². The second-order valence-electron chi connectivity index (χ2n) is 4.64. The van der Waals surface area contributed by atoms with E-state index in [0.717, 1.165) is 11.3 Å². The van der Waals surface area contributed by atoms with Gasteiger partial charge in [0, 0.05) is 13.6 Å². The number of aromatic nitrogens is 1. The van der Waals surface area contributed by atoms with Crippen molar-refractivity contribution in [3.8, 4) is 5.75 Å². The Morgan fingerprint density at radius 2 is 2.24 bits per heavy atom. The quantitative estimate of drug-likeness (QED) is 0.888. The fraction of sp³-hybridized carbons (Fsp3) is 0.333. The minimum absolute atomic E-state index is 0.324. The molecule has 0 aliphatic carbocycles. The molecule has 0 atom stereocenters. The van der Waals surface area contributed by atoms with Gasteiger partial charge in [-0.15, -0.1) is 0 Å². The van der Waals surface area contributed by atoms with Gasteiger partial charge in [-0.2, -0.15) is 0 Å². The molecule has 5 nitrogen and oxygen atoms in total. The highest BCUT2D eigenvalue weighted by molar-refractivity contribution is 7.17. The number of thiazole rings is 1. The van der Waals surface area contributed by atoms with Crippen LogP contribution in [0.5, 0.6) is 5.75 Å². The van der Waals surface area contributed by atoms with Crippen LogP contribution in [-0.2, 0) is 13.0 Å². The van der Waals surface area contributed by atoms with Crippen LogP contribution in [0.15, 0.2) is 24.3 Å². The predicted octanol–water partition coefficient (Wildman–Crippen LogP) is 3.05. The molecule has 0 spiro atoms. The summed E-state index contributed by atoms with van der Waals surface area (Å²) in [5.74, 6) is -0.106. The zero-order valence-electron chi connectivity index (χ0n) is 12.3. The summed E-state index contributed by atoms with van der Waals surface area (Å²) in [5, 5.41) is 9.90. The molecule has 0 radical (unpaired) electrons. The van der Waals surface area contributed by atoms with E-state index in [1.165, 1.54) is 11.3 Å². The molecule has 0 saturated heterocycles. The Balaban J connectivity index is 2.19. The molecule has 21 heavy (non-hydrogen) atoms. The molecule has 1 heterocycles. The van der Waals surface area contributed by atoms with Crippen LogP contribution in [-0.4, -0.2) is 30.2 Å². The largest absolute Gasteiger partial charge is 0.497 e. The molecule has 0 aliphatic rings. The first kappa shape index (κ1) is 15.3. The summed E-state index contributed by atoms with van der Waals surface area (Å²) in [6.07, 6.45) is 0.616. The maximum absolute atomic E-state index is 11.2. The normalized spacial score (nSPS) is 10.4. The van der Waals surface area contributed by atoms with Crippen LogP contribution in [0.2, 0.25) is 0 Å². The molecule has 2 rings (SSSR count). The van der Waals surface area contributed by atoms with Crippen molar-refractivity contribution in [1.29, 1.82) is 0 Å². The van der Waals surface area contributed by atoms with Crippen LogP contribution < -0.4 is 9.64 Å². The summed E-state index contributed by atoms with van der Waals surface area (Å²) in [5.41, 5.74) is 1.72. The van der Waals surface area contributed by atoms with Crippen LogP contribution in [0.4, 0.5) is 5.13 Å². The van der Waals surface area contributed by atoms with Crippen molar-refractivity contribution >= 4 is 22.4 Å². The second kappa shape index (κ2) is 6.58. The number of aromatic carboxylic acids is 1. The lowest BCUT2D eigenvalue weighted by Crippen LogP contribution is -2.16. The molecule has 0 amide bonds. The van der Waals surface area contributed by atoms with Gasteiger partial charge in [0.15, 0.2) is 5.13 Å². The van der Waals surface area contributed by atoms with Crippen molar-refractivity contribution in [3.63, 3.8) is 0 Å². The number of ether oxygens (including phenoxy) is 1. The summed E-state index contributed by atoms with van der Waals surface area (Å²) >= 11 is 1.21. The van der Waals surface area contributed by atoms with Gasteiger partial charge in [0.05, 0.1) is 12.8 Å². The maximum atomic E-state index is 11.2. The Labute approximate surface area is 127 Å². The van der Waals surface area contributed by atoms with Gasteiger partial charge in [0.25, 0.3) is 0 Å². The van der Waals surface area contributed by atoms with Crippen molar-refractivity contribution in [2.45, 2.75) is 19.9 Å². The summed E-state index contributed by atoms with van der Waals surface area (Å²) in [6.45, 7) is 2.56. The van der Waals surface area contributed by atoms with Crippen molar-refractivity contribution in [2.75, 3.05) is 19.1 Å². The zero-order chi connectivity index (χ0) is 15.4. The SMILES string of the molecule is CCc1nc(N(C)Cc2cccc(OC)c2)sc1C(=O)O. The first-order chi connectivity index (χ1) is 10.0. The van der Waals surface area contributed by atoms with E-state index in [-0.39, 0.29) is 0 Å². The fourth-order valence-corrected chi connectivity index (χ4v) is 2.98. The van der Waals surface area contributed by atoms with Gasteiger partial charge in [-0.25, -0.2) is 9.78 Å². The van der Waals surface area contributed by atoms with E-state index in [2.05, 4.69) is 4.98 Å².